The normalized spacial score (nSPS) is 23.7. The molecule has 2 fully saturated rings. The van der Waals surface area contributed by atoms with E-state index in [0.717, 1.165) is 18.4 Å². The first-order chi connectivity index (χ1) is 14.8. The molecule has 3 heterocycles. The van der Waals surface area contributed by atoms with Crippen LogP contribution in [0.5, 0.6) is 0 Å². The van der Waals surface area contributed by atoms with Crippen LogP contribution in [0, 0.1) is 5.92 Å². The Hall–Kier alpha value is -1.94. The van der Waals surface area contributed by atoms with E-state index < -0.39 is 0 Å². The molecule has 0 spiro atoms. The van der Waals surface area contributed by atoms with Crippen LogP contribution in [0.25, 0.3) is 0 Å². The Balaban J connectivity index is 1.22. The molecule has 3 aromatic rings. The van der Waals surface area contributed by atoms with Crippen molar-refractivity contribution in [3.63, 3.8) is 0 Å². The molecule has 2 aliphatic heterocycles. The van der Waals surface area contributed by atoms with Crippen molar-refractivity contribution < 1.29 is 0 Å². The van der Waals surface area contributed by atoms with Crippen LogP contribution in [0.4, 0.5) is 0 Å². The molecular weight excluding hydrogens is 384 g/mol. The van der Waals surface area contributed by atoms with Gasteiger partial charge in [0.1, 0.15) is 0 Å². The van der Waals surface area contributed by atoms with E-state index in [1.54, 1.807) is 4.88 Å². The predicted octanol–water partition coefficient (Wildman–Crippen LogP) is 5.84. The van der Waals surface area contributed by atoms with Gasteiger partial charge < -0.3 is 4.90 Å². The molecule has 0 bridgehead atoms. The molecule has 2 aliphatic rings. The molecular formula is C27H32N2S. The maximum atomic E-state index is 2.75. The minimum atomic E-state index is 0.681. The third-order valence-electron chi connectivity index (χ3n) is 7.03. The minimum Gasteiger partial charge on any atom is -0.303 e. The van der Waals surface area contributed by atoms with Crippen LogP contribution in [0.1, 0.15) is 40.7 Å². The van der Waals surface area contributed by atoms with Crippen molar-refractivity contribution in [2.75, 3.05) is 32.7 Å². The summed E-state index contributed by atoms with van der Waals surface area (Å²) in [4.78, 5) is 7.01. The van der Waals surface area contributed by atoms with Crippen molar-refractivity contribution in [1.29, 1.82) is 0 Å². The zero-order chi connectivity index (χ0) is 20.2. The summed E-state index contributed by atoms with van der Waals surface area (Å²) < 4.78 is 0. The third-order valence-corrected chi connectivity index (χ3v) is 8.03. The van der Waals surface area contributed by atoms with Gasteiger partial charge in [0, 0.05) is 37.0 Å². The third kappa shape index (κ3) is 4.69. The lowest BCUT2D eigenvalue weighted by Gasteiger charge is -2.34. The fourth-order valence-corrected chi connectivity index (χ4v) is 6.36. The highest BCUT2D eigenvalue weighted by atomic mass is 32.1. The summed E-state index contributed by atoms with van der Waals surface area (Å²) in [5.41, 5.74) is 2.97. The summed E-state index contributed by atoms with van der Waals surface area (Å²) in [5, 5.41) is 2.25. The van der Waals surface area contributed by atoms with E-state index >= 15 is 0 Å². The van der Waals surface area contributed by atoms with Crippen LogP contribution in [0.3, 0.4) is 0 Å². The number of piperidine rings is 1. The highest BCUT2D eigenvalue weighted by Gasteiger charge is 2.36. The first kappa shape index (κ1) is 20.0. The van der Waals surface area contributed by atoms with Crippen molar-refractivity contribution in [3.8, 4) is 0 Å². The molecule has 2 aromatic carbocycles. The van der Waals surface area contributed by atoms with Crippen molar-refractivity contribution in [3.05, 3.63) is 94.2 Å². The number of rotatable bonds is 6. The van der Waals surface area contributed by atoms with Crippen LogP contribution in [-0.2, 0) is 6.54 Å². The number of nitrogens with zero attached hydrogens (tertiary/aromatic N) is 2. The number of hydrogen-bond donors (Lipinski definition) is 0. The summed E-state index contributed by atoms with van der Waals surface area (Å²) in [5.74, 6) is 2.16. The Bertz CT molecular complexity index is 885. The Morgan fingerprint density at radius 2 is 1.50 bits per heavy atom. The van der Waals surface area contributed by atoms with E-state index in [2.05, 4.69) is 88.0 Å². The standard InChI is InChI=1S/C27H32N2S/c1-3-8-22(9-4-1)18-29-20-25(26(21-29)27-12-7-17-30-27)19-28-15-13-24(14-16-28)23-10-5-2-6-11-23/h1-12,17,24-26H,13-16,18-21H2. The van der Waals surface area contributed by atoms with Crippen LogP contribution in [-0.4, -0.2) is 42.5 Å². The van der Waals surface area contributed by atoms with Gasteiger partial charge in [-0.1, -0.05) is 66.7 Å². The van der Waals surface area contributed by atoms with Crippen LogP contribution < -0.4 is 0 Å². The molecule has 2 saturated heterocycles. The SMILES string of the molecule is c1ccc(CN2CC(CN3CCC(c4ccccc4)CC3)C(c3cccs3)C2)cc1. The first-order valence-corrected chi connectivity index (χ1v) is 12.3. The van der Waals surface area contributed by atoms with Crippen molar-refractivity contribution in [2.24, 2.45) is 5.92 Å². The zero-order valence-corrected chi connectivity index (χ0v) is 18.5. The van der Waals surface area contributed by atoms with Crippen LogP contribution in [0.15, 0.2) is 78.2 Å². The lowest BCUT2D eigenvalue weighted by atomic mass is 9.88. The summed E-state index contributed by atoms with van der Waals surface area (Å²) in [7, 11) is 0. The molecule has 156 valence electrons. The van der Waals surface area contributed by atoms with Crippen LogP contribution >= 0.6 is 11.3 Å². The van der Waals surface area contributed by atoms with Gasteiger partial charge in [0.2, 0.25) is 0 Å². The molecule has 30 heavy (non-hydrogen) atoms. The van der Waals surface area contributed by atoms with Gasteiger partial charge in [0.15, 0.2) is 0 Å². The fourth-order valence-electron chi connectivity index (χ4n) is 5.45. The molecule has 2 nitrogen and oxygen atoms in total. The lowest BCUT2D eigenvalue weighted by Crippen LogP contribution is -2.38. The quantitative estimate of drug-likeness (QED) is 0.498. The molecule has 1 aromatic heterocycles. The molecule has 0 aliphatic carbocycles. The van der Waals surface area contributed by atoms with Crippen molar-refractivity contribution in [2.45, 2.75) is 31.2 Å². The van der Waals surface area contributed by atoms with E-state index in [9.17, 15) is 0 Å². The van der Waals surface area contributed by atoms with Crippen molar-refractivity contribution >= 4 is 11.3 Å². The molecule has 0 amide bonds. The summed E-state index contributed by atoms with van der Waals surface area (Å²) in [6.07, 6.45) is 2.60. The van der Waals surface area contributed by atoms with Gasteiger partial charge in [-0.3, -0.25) is 4.90 Å². The second-order valence-electron chi connectivity index (χ2n) is 9.05. The Labute approximate surface area is 185 Å². The maximum Gasteiger partial charge on any atom is 0.0234 e. The zero-order valence-electron chi connectivity index (χ0n) is 17.7. The Morgan fingerprint density at radius 3 is 2.20 bits per heavy atom. The predicted molar refractivity (Wildman–Crippen MR) is 127 cm³/mol. The summed E-state index contributed by atoms with van der Waals surface area (Å²) in [6, 6.07) is 26.7. The fraction of sp³-hybridized carbons (Fsp3) is 0.407. The van der Waals surface area contributed by atoms with Gasteiger partial charge in [-0.2, -0.15) is 0 Å². The molecule has 5 rings (SSSR count). The second-order valence-corrected chi connectivity index (χ2v) is 10.0. The van der Waals surface area contributed by atoms with Gasteiger partial charge >= 0.3 is 0 Å². The van der Waals surface area contributed by atoms with Gasteiger partial charge in [0.05, 0.1) is 0 Å². The highest BCUT2D eigenvalue weighted by Crippen LogP contribution is 2.37. The molecule has 0 saturated carbocycles. The number of thiophene rings is 1. The number of likely N-dealkylation sites (tertiary alicyclic amines) is 2. The van der Waals surface area contributed by atoms with Gasteiger partial charge in [-0.05, 0) is 60.3 Å². The van der Waals surface area contributed by atoms with Crippen molar-refractivity contribution in [1.82, 2.24) is 9.80 Å². The van der Waals surface area contributed by atoms with E-state index in [1.165, 1.54) is 56.7 Å². The summed E-state index contributed by atoms with van der Waals surface area (Å²) >= 11 is 1.95. The molecule has 2 atom stereocenters. The smallest absolute Gasteiger partial charge is 0.0234 e. The van der Waals surface area contributed by atoms with Gasteiger partial charge in [0.25, 0.3) is 0 Å². The Kier molecular flexibility index (Phi) is 6.31. The topological polar surface area (TPSA) is 6.48 Å². The van der Waals surface area contributed by atoms with Gasteiger partial charge in [-0.25, -0.2) is 0 Å². The monoisotopic (exact) mass is 416 g/mol. The average Bonchev–Trinajstić information content (AvgIpc) is 3.46. The maximum absolute atomic E-state index is 2.75. The molecule has 0 N–H and O–H groups in total. The number of benzene rings is 2. The lowest BCUT2D eigenvalue weighted by molar-refractivity contribution is 0.177. The van der Waals surface area contributed by atoms with E-state index in [0.29, 0.717) is 5.92 Å². The second kappa shape index (κ2) is 9.47. The van der Waals surface area contributed by atoms with E-state index in [1.807, 2.05) is 11.3 Å². The molecule has 2 unspecified atom stereocenters. The first-order valence-electron chi connectivity index (χ1n) is 11.4. The molecule has 3 heteroatoms. The Morgan fingerprint density at radius 1 is 0.767 bits per heavy atom. The van der Waals surface area contributed by atoms with E-state index in [4.69, 9.17) is 0 Å². The van der Waals surface area contributed by atoms with E-state index in [-0.39, 0.29) is 0 Å². The van der Waals surface area contributed by atoms with Crippen LogP contribution in [0.2, 0.25) is 0 Å². The van der Waals surface area contributed by atoms with Gasteiger partial charge in [-0.15, -0.1) is 11.3 Å². The average molecular weight is 417 g/mol. The number of hydrogen-bond acceptors (Lipinski definition) is 3. The minimum absolute atomic E-state index is 0.681. The largest absolute Gasteiger partial charge is 0.303 e. The highest BCUT2D eigenvalue weighted by molar-refractivity contribution is 7.10. The summed E-state index contributed by atoms with van der Waals surface area (Å²) in [6.45, 7) is 7.22. The molecule has 0 radical (unpaired) electrons.